The first-order chi connectivity index (χ1) is 13.8. The summed E-state index contributed by atoms with van der Waals surface area (Å²) in [6.45, 7) is 8.20. The van der Waals surface area contributed by atoms with Crippen LogP contribution >= 0.6 is 24.0 Å². The van der Waals surface area contributed by atoms with Gasteiger partial charge in [-0.15, -0.1) is 24.0 Å². The number of ether oxygens (including phenoxy) is 1. The zero-order valence-electron chi connectivity index (χ0n) is 18.0. The Labute approximate surface area is 195 Å². The van der Waals surface area contributed by atoms with Gasteiger partial charge in [-0.2, -0.15) is 5.10 Å². The standard InChI is InChI=1S/C21H30N6O2.HI/c1-21(2,3)29-20(28)26-14-18(15-26)25-19(22-4)23-12-16-8-5-6-9-17(16)13-27-11-7-10-24-27;/h5-11,18H,12-15H2,1-4H3,(H2,22,23,25);1H. The number of carbonyl (C=O) groups is 1. The minimum Gasteiger partial charge on any atom is -0.444 e. The molecular weight excluding hydrogens is 495 g/mol. The Morgan fingerprint density at radius 2 is 1.93 bits per heavy atom. The highest BCUT2D eigenvalue weighted by Crippen LogP contribution is 2.15. The average Bonchev–Trinajstić information content (AvgIpc) is 3.13. The van der Waals surface area contributed by atoms with E-state index in [0.29, 0.717) is 25.6 Å². The number of nitrogens with one attached hydrogen (secondary N) is 2. The highest BCUT2D eigenvalue weighted by Gasteiger charge is 2.34. The second-order valence-corrected chi connectivity index (χ2v) is 8.12. The van der Waals surface area contributed by atoms with Gasteiger partial charge in [-0.05, 0) is 38.0 Å². The molecule has 0 bridgehead atoms. The summed E-state index contributed by atoms with van der Waals surface area (Å²) in [6.07, 6.45) is 3.47. The number of carbonyl (C=O) groups excluding carboxylic acids is 1. The van der Waals surface area contributed by atoms with Gasteiger partial charge in [0.05, 0.1) is 12.6 Å². The van der Waals surface area contributed by atoms with Gasteiger partial charge >= 0.3 is 6.09 Å². The number of likely N-dealkylation sites (tertiary alicyclic amines) is 1. The van der Waals surface area contributed by atoms with Gasteiger partial charge in [0, 0.05) is 39.1 Å². The van der Waals surface area contributed by atoms with E-state index in [0.717, 1.165) is 6.54 Å². The average molecular weight is 526 g/mol. The Balaban J connectivity index is 0.00000320. The van der Waals surface area contributed by atoms with Gasteiger partial charge in [-0.1, -0.05) is 24.3 Å². The molecule has 1 fully saturated rings. The third kappa shape index (κ3) is 6.89. The highest BCUT2D eigenvalue weighted by molar-refractivity contribution is 14.0. The van der Waals surface area contributed by atoms with Crippen LogP contribution < -0.4 is 10.6 Å². The van der Waals surface area contributed by atoms with Crippen LogP contribution in [0, 0.1) is 0 Å². The third-order valence-electron chi connectivity index (χ3n) is 4.55. The zero-order chi connectivity index (χ0) is 20.9. The zero-order valence-corrected chi connectivity index (χ0v) is 20.3. The molecule has 0 atom stereocenters. The molecule has 3 rings (SSSR count). The smallest absolute Gasteiger partial charge is 0.410 e. The number of rotatable bonds is 5. The number of benzene rings is 1. The lowest BCUT2D eigenvalue weighted by molar-refractivity contribution is 0.00701. The van der Waals surface area contributed by atoms with Gasteiger partial charge in [0.2, 0.25) is 0 Å². The van der Waals surface area contributed by atoms with E-state index in [-0.39, 0.29) is 36.1 Å². The lowest BCUT2D eigenvalue weighted by Gasteiger charge is -2.40. The summed E-state index contributed by atoms with van der Waals surface area (Å²) < 4.78 is 7.30. The summed E-state index contributed by atoms with van der Waals surface area (Å²) in [4.78, 5) is 18.0. The third-order valence-corrected chi connectivity index (χ3v) is 4.55. The molecule has 1 aliphatic heterocycles. The van der Waals surface area contributed by atoms with Crippen molar-refractivity contribution in [3.63, 3.8) is 0 Å². The molecule has 1 saturated heterocycles. The molecule has 2 heterocycles. The fourth-order valence-corrected chi connectivity index (χ4v) is 3.07. The number of aromatic nitrogens is 2. The van der Waals surface area contributed by atoms with Crippen molar-refractivity contribution in [1.29, 1.82) is 0 Å². The van der Waals surface area contributed by atoms with Crippen molar-refractivity contribution in [3.05, 3.63) is 53.9 Å². The molecular formula is C21H31IN6O2. The van der Waals surface area contributed by atoms with E-state index >= 15 is 0 Å². The summed E-state index contributed by atoms with van der Waals surface area (Å²) >= 11 is 0. The number of hydrogen-bond donors (Lipinski definition) is 2. The van der Waals surface area contributed by atoms with Crippen LogP contribution in [0.15, 0.2) is 47.7 Å². The van der Waals surface area contributed by atoms with Crippen molar-refractivity contribution >= 4 is 36.0 Å². The Morgan fingerprint density at radius 1 is 1.23 bits per heavy atom. The molecule has 1 amide bonds. The van der Waals surface area contributed by atoms with E-state index in [1.165, 1.54) is 11.1 Å². The summed E-state index contributed by atoms with van der Waals surface area (Å²) in [7, 11) is 1.75. The maximum atomic E-state index is 12.0. The number of halogens is 1. The number of amides is 1. The number of guanidine groups is 1. The van der Waals surface area contributed by atoms with Gasteiger partial charge in [0.1, 0.15) is 5.60 Å². The maximum Gasteiger partial charge on any atom is 0.410 e. The van der Waals surface area contributed by atoms with E-state index in [1.807, 2.05) is 49.8 Å². The van der Waals surface area contributed by atoms with Gasteiger partial charge in [-0.3, -0.25) is 9.67 Å². The Bertz CT molecular complexity index is 841. The largest absolute Gasteiger partial charge is 0.444 e. The van der Waals surface area contributed by atoms with E-state index in [2.05, 4.69) is 32.9 Å². The molecule has 1 aliphatic rings. The second-order valence-electron chi connectivity index (χ2n) is 8.12. The van der Waals surface area contributed by atoms with Crippen molar-refractivity contribution in [2.24, 2.45) is 4.99 Å². The molecule has 1 aromatic heterocycles. The molecule has 0 aliphatic carbocycles. The van der Waals surface area contributed by atoms with Gasteiger partial charge in [0.25, 0.3) is 0 Å². The van der Waals surface area contributed by atoms with Crippen molar-refractivity contribution < 1.29 is 9.53 Å². The van der Waals surface area contributed by atoms with Crippen LogP contribution in [0.4, 0.5) is 4.79 Å². The first-order valence-corrected chi connectivity index (χ1v) is 9.83. The first-order valence-electron chi connectivity index (χ1n) is 9.83. The summed E-state index contributed by atoms with van der Waals surface area (Å²) in [5, 5.41) is 11.0. The Hall–Kier alpha value is -2.30. The second kappa shape index (κ2) is 10.6. The van der Waals surface area contributed by atoms with Crippen LogP contribution in [-0.2, 0) is 17.8 Å². The van der Waals surface area contributed by atoms with E-state index in [9.17, 15) is 4.79 Å². The van der Waals surface area contributed by atoms with Crippen molar-refractivity contribution in [3.8, 4) is 0 Å². The fraction of sp³-hybridized carbons (Fsp3) is 0.476. The summed E-state index contributed by atoms with van der Waals surface area (Å²) in [5.74, 6) is 0.715. The predicted molar refractivity (Wildman–Crippen MR) is 128 cm³/mol. The van der Waals surface area contributed by atoms with Gasteiger partial charge in [-0.25, -0.2) is 4.79 Å². The van der Waals surface area contributed by atoms with Crippen LogP contribution in [0.5, 0.6) is 0 Å². The molecule has 2 aromatic rings. The predicted octanol–water partition coefficient (Wildman–Crippen LogP) is 2.83. The summed E-state index contributed by atoms with van der Waals surface area (Å²) in [6, 6.07) is 10.4. The van der Waals surface area contributed by atoms with Gasteiger partial charge in [0.15, 0.2) is 5.96 Å². The van der Waals surface area contributed by atoms with Gasteiger partial charge < -0.3 is 20.3 Å². The molecule has 8 nitrogen and oxygen atoms in total. The molecule has 9 heteroatoms. The molecule has 0 unspecified atom stereocenters. The van der Waals surface area contributed by atoms with E-state index in [1.54, 1.807) is 18.1 Å². The molecule has 1 aromatic carbocycles. The quantitative estimate of drug-likeness (QED) is 0.356. The lowest BCUT2D eigenvalue weighted by atomic mass is 10.1. The lowest BCUT2D eigenvalue weighted by Crippen LogP contribution is -2.63. The SMILES string of the molecule is CN=C(NCc1ccccc1Cn1cccn1)NC1CN(C(=O)OC(C)(C)C)C1.I. The first kappa shape index (κ1) is 24.0. The molecule has 164 valence electrons. The monoisotopic (exact) mass is 526 g/mol. The number of aliphatic imine (C=N–C) groups is 1. The van der Waals surface area contributed by atoms with Crippen molar-refractivity contribution in [2.75, 3.05) is 20.1 Å². The molecule has 0 saturated carbocycles. The highest BCUT2D eigenvalue weighted by atomic mass is 127. The molecule has 0 radical (unpaired) electrons. The Kier molecular flexibility index (Phi) is 8.51. The van der Waals surface area contributed by atoms with Crippen molar-refractivity contribution in [1.82, 2.24) is 25.3 Å². The van der Waals surface area contributed by atoms with Crippen LogP contribution in [0.3, 0.4) is 0 Å². The molecule has 2 N–H and O–H groups in total. The molecule has 0 spiro atoms. The van der Waals surface area contributed by atoms with Crippen LogP contribution in [0.1, 0.15) is 31.9 Å². The molecule has 30 heavy (non-hydrogen) atoms. The number of nitrogens with zero attached hydrogens (tertiary/aromatic N) is 4. The minimum atomic E-state index is -0.475. The van der Waals surface area contributed by atoms with Crippen LogP contribution in [0.25, 0.3) is 0 Å². The van der Waals surface area contributed by atoms with E-state index in [4.69, 9.17) is 4.74 Å². The topological polar surface area (TPSA) is 83.8 Å². The van der Waals surface area contributed by atoms with Crippen molar-refractivity contribution in [2.45, 2.75) is 45.5 Å². The van der Waals surface area contributed by atoms with E-state index < -0.39 is 5.60 Å². The maximum absolute atomic E-state index is 12.0. The fourth-order valence-electron chi connectivity index (χ4n) is 3.07. The normalized spacial score (nSPS) is 14.5. The van der Waals surface area contributed by atoms with Crippen LogP contribution in [-0.4, -0.2) is 58.5 Å². The summed E-state index contributed by atoms with van der Waals surface area (Å²) in [5.41, 5.74) is 1.92. The Morgan fingerprint density at radius 3 is 2.53 bits per heavy atom. The van der Waals surface area contributed by atoms with Crippen LogP contribution in [0.2, 0.25) is 0 Å². The number of hydrogen-bond acceptors (Lipinski definition) is 4. The minimum absolute atomic E-state index is 0.